The molecule has 1 aliphatic rings. The number of halogens is 1. The molecular weight excluding hydrogens is 423 g/mol. The van der Waals surface area contributed by atoms with Gasteiger partial charge in [-0.25, -0.2) is 8.70 Å². The molecule has 1 aliphatic heterocycles. The summed E-state index contributed by atoms with van der Waals surface area (Å²) in [6.07, 6.45) is 0. The molecule has 3 rings (SSSR count). The van der Waals surface area contributed by atoms with E-state index in [0.717, 1.165) is 20.0 Å². The molecule has 0 N–H and O–H groups in total. The molecule has 0 atom stereocenters. The van der Waals surface area contributed by atoms with Gasteiger partial charge in [-0.1, -0.05) is 12.1 Å². The van der Waals surface area contributed by atoms with E-state index < -0.39 is 16.0 Å². The lowest BCUT2D eigenvalue weighted by Gasteiger charge is -2.37. The van der Waals surface area contributed by atoms with Gasteiger partial charge >= 0.3 is 10.2 Å². The lowest BCUT2D eigenvalue weighted by Crippen LogP contribution is -2.53. The molecule has 31 heavy (non-hydrogen) atoms. The quantitative estimate of drug-likeness (QED) is 0.643. The number of hydrogen-bond acceptors (Lipinski definition) is 5. The van der Waals surface area contributed by atoms with E-state index in [2.05, 4.69) is 4.90 Å². The normalized spacial score (nSPS) is 14.6. The van der Waals surface area contributed by atoms with Crippen molar-refractivity contribution in [1.29, 1.82) is 0 Å². The minimum absolute atomic E-state index is 0.233. The molecule has 0 radical (unpaired) electrons. The summed E-state index contributed by atoms with van der Waals surface area (Å²) < 4.78 is 46.4. The molecule has 8 nitrogen and oxygen atoms in total. The van der Waals surface area contributed by atoms with Crippen LogP contribution in [0.3, 0.4) is 0 Å². The second-order valence-electron chi connectivity index (χ2n) is 7.31. The number of anilines is 2. The third kappa shape index (κ3) is 5.08. The van der Waals surface area contributed by atoms with Crippen LogP contribution in [0.15, 0.2) is 48.5 Å². The van der Waals surface area contributed by atoms with Crippen LogP contribution in [0, 0.1) is 5.82 Å². The first-order valence-electron chi connectivity index (χ1n) is 9.85. The molecule has 1 saturated heterocycles. The molecule has 0 unspecified atom stereocenters. The van der Waals surface area contributed by atoms with Crippen LogP contribution in [0.2, 0.25) is 0 Å². The minimum atomic E-state index is -3.93. The number of methoxy groups -OCH3 is 1. The molecule has 1 heterocycles. The van der Waals surface area contributed by atoms with Crippen molar-refractivity contribution in [2.45, 2.75) is 0 Å². The summed E-state index contributed by atoms with van der Waals surface area (Å²) in [5.74, 6) is -0.0268. The SMILES string of the molecule is COc1ccccc1N1CCN(C(=O)CN(c2ccc(F)cc2)S(=O)(=O)N(C)C)CC1. The number of carbonyl (C=O) groups is 1. The highest BCUT2D eigenvalue weighted by Crippen LogP contribution is 2.28. The lowest BCUT2D eigenvalue weighted by molar-refractivity contribution is -0.129. The predicted octanol–water partition coefficient (Wildman–Crippen LogP) is 1.80. The molecule has 1 fully saturated rings. The van der Waals surface area contributed by atoms with Crippen molar-refractivity contribution in [2.75, 3.05) is 63.1 Å². The van der Waals surface area contributed by atoms with Gasteiger partial charge < -0.3 is 14.5 Å². The van der Waals surface area contributed by atoms with Crippen molar-refractivity contribution in [3.8, 4) is 5.75 Å². The number of piperazine rings is 1. The first-order chi connectivity index (χ1) is 14.7. The predicted molar refractivity (Wildman–Crippen MR) is 118 cm³/mol. The molecule has 2 aromatic rings. The molecule has 2 aromatic carbocycles. The number of rotatable bonds is 7. The number of para-hydroxylation sites is 2. The second kappa shape index (κ2) is 9.52. The van der Waals surface area contributed by atoms with Crippen LogP contribution in [0.5, 0.6) is 5.75 Å². The Hall–Kier alpha value is -2.85. The summed E-state index contributed by atoms with van der Waals surface area (Å²) in [4.78, 5) is 16.8. The molecular formula is C21H27FN4O4S. The Morgan fingerprint density at radius 2 is 1.65 bits per heavy atom. The van der Waals surface area contributed by atoms with Gasteiger partial charge in [-0.15, -0.1) is 0 Å². The Kier molecular flexibility index (Phi) is 7.01. The van der Waals surface area contributed by atoms with Gasteiger partial charge in [0.25, 0.3) is 0 Å². The Balaban J connectivity index is 1.72. The van der Waals surface area contributed by atoms with Crippen molar-refractivity contribution in [2.24, 2.45) is 0 Å². The third-order valence-corrected chi connectivity index (χ3v) is 7.01. The van der Waals surface area contributed by atoms with Crippen molar-refractivity contribution < 1.29 is 22.3 Å². The molecule has 0 aliphatic carbocycles. The highest BCUT2D eigenvalue weighted by Gasteiger charge is 2.30. The fraction of sp³-hybridized carbons (Fsp3) is 0.381. The molecule has 1 amide bonds. The fourth-order valence-corrected chi connectivity index (χ4v) is 4.48. The highest BCUT2D eigenvalue weighted by molar-refractivity contribution is 7.90. The van der Waals surface area contributed by atoms with Gasteiger partial charge in [0.2, 0.25) is 5.91 Å². The van der Waals surface area contributed by atoms with E-state index in [1.54, 1.807) is 12.0 Å². The first-order valence-corrected chi connectivity index (χ1v) is 11.2. The number of benzene rings is 2. The average molecular weight is 451 g/mol. The van der Waals surface area contributed by atoms with E-state index in [0.29, 0.717) is 26.2 Å². The Morgan fingerprint density at radius 3 is 2.23 bits per heavy atom. The maximum Gasteiger partial charge on any atom is 0.304 e. The number of hydrogen-bond donors (Lipinski definition) is 0. The van der Waals surface area contributed by atoms with Gasteiger partial charge in [-0.2, -0.15) is 12.7 Å². The van der Waals surface area contributed by atoms with Gasteiger partial charge in [-0.05, 0) is 36.4 Å². The molecule has 0 bridgehead atoms. The zero-order valence-corrected chi connectivity index (χ0v) is 18.7. The zero-order valence-electron chi connectivity index (χ0n) is 17.9. The lowest BCUT2D eigenvalue weighted by atomic mass is 10.2. The topological polar surface area (TPSA) is 73.4 Å². The monoisotopic (exact) mass is 450 g/mol. The number of amides is 1. The van der Waals surface area contributed by atoms with Gasteiger partial charge in [-0.3, -0.25) is 4.79 Å². The Labute approximate surface area is 182 Å². The molecule has 0 saturated carbocycles. The average Bonchev–Trinajstić information content (AvgIpc) is 2.78. The molecule has 168 valence electrons. The maximum absolute atomic E-state index is 13.3. The van der Waals surface area contributed by atoms with E-state index in [1.807, 2.05) is 24.3 Å². The fourth-order valence-electron chi connectivity index (χ4n) is 3.42. The minimum Gasteiger partial charge on any atom is -0.495 e. The number of ether oxygens (including phenoxy) is 1. The van der Waals surface area contributed by atoms with Crippen molar-refractivity contribution in [3.63, 3.8) is 0 Å². The number of carbonyl (C=O) groups excluding carboxylic acids is 1. The van der Waals surface area contributed by atoms with Crippen molar-refractivity contribution in [1.82, 2.24) is 9.21 Å². The Morgan fingerprint density at radius 1 is 1.03 bits per heavy atom. The summed E-state index contributed by atoms with van der Waals surface area (Å²) >= 11 is 0. The van der Waals surface area contributed by atoms with Crippen LogP contribution in [0.25, 0.3) is 0 Å². The van der Waals surface area contributed by atoms with Crippen LogP contribution in [-0.2, 0) is 15.0 Å². The van der Waals surface area contributed by atoms with E-state index in [-0.39, 0.29) is 18.1 Å². The number of nitrogens with zero attached hydrogens (tertiary/aromatic N) is 4. The molecule has 10 heteroatoms. The van der Waals surface area contributed by atoms with Crippen molar-refractivity contribution in [3.05, 3.63) is 54.3 Å². The standard InChI is InChI=1S/C21H27FN4O4S/c1-23(2)31(28,29)26(18-10-8-17(22)9-11-18)16-21(27)25-14-12-24(13-15-25)19-6-4-5-7-20(19)30-3/h4-11H,12-16H2,1-3H3. The largest absolute Gasteiger partial charge is 0.495 e. The highest BCUT2D eigenvalue weighted by atomic mass is 32.2. The van der Waals surface area contributed by atoms with Gasteiger partial charge in [0.1, 0.15) is 18.1 Å². The van der Waals surface area contributed by atoms with Gasteiger partial charge in [0, 0.05) is 40.3 Å². The molecule has 0 spiro atoms. The van der Waals surface area contributed by atoms with Gasteiger partial charge in [0.15, 0.2) is 0 Å². The van der Waals surface area contributed by atoms with E-state index >= 15 is 0 Å². The van der Waals surface area contributed by atoms with E-state index in [4.69, 9.17) is 4.74 Å². The summed E-state index contributed by atoms with van der Waals surface area (Å²) in [5.41, 5.74) is 1.19. The van der Waals surface area contributed by atoms with Crippen LogP contribution < -0.4 is 13.9 Å². The summed E-state index contributed by atoms with van der Waals surface area (Å²) in [6, 6.07) is 12.7. The van der Waals surface area contributed by atoms with Gasteiger partial charge in [0.05, 0.1) is 18.5 Å². The second-order valence-corrected chi connectivity index (χ2v) is 9.38. The smallest absolute Gasteiger partial charge is 0.304 e. The van der Waals surface area contributed by atoms with Crippen LogP contribution in [0.4, 0.5) is 15.8 Å². The maximum atomic E-state index is 13.3. The van der Waals surface area contributed by atoms with Crippen LogP contribution in [0.1, 0.15) is 0 Å². The Bertz CT molecular complexity index is 1010. The molecule has 0 aromatic heterocycles. The van der Waals surface area contributed by atoms with E-state index in [1.165, 1.54) is 38.4 Å². The van der Waals surface area contributed by atoms with Crippen LogP contribution in [-0.4, -0.2) is 77.5 Å². The summed E-state index contributed by atoms with van der Waals surface area (Å²) in [5, 5.41) is 0. The van der Waals surface area contributed by atoms with E-state index in [9.17, 15) is 17.6 Å². The first kappa shape index (κ1) is 22.8. The third-order valence-electron chi connectivity index (χ3n) is 5.19. The van der Waals surface area contributed by atoms with Crippen LogP contribution >= 0.6 is 0 Å². The summed E-state index contributed by atoms with van der Waals surface area (Å²) in [6.45, 7) is 1.75. The van der Waals surface area contributed by atoms with Crippen molar-refractivity contribution >= 4 is 27.5 Å². The summed E-state index contributed by atoms with van der Waals surface area (Å²) in [7, 11) is 0.470. The zero-order chi connectivity index (χ0) is 22.6.